The minimum Gasteiger partial charge on any atom is -0.507 e. The summed E-state index contributed by atoms with van der Waals surface area (Å²) in [5.41, 5.74) is 4.70. The van der Waals surface area contributed by atoms with Crippen LogP contribution in [-0.4, -0.2) is 16.0 Å². The summed E-state index contributed by atoms with van der Waals surface area (Å²) in [6, 6.07) is 11.2. The molecule has 4 nitrogen and oxygen atoms in total. The van der Waals surface area contributed by atoms with Gasteiger partial charge in [0.1, 0.15) is 5.75 Å². The summed E-state index contributed by atoms with van der Waals surface area (Å²) in [5.74, 6) is -0.108. The third kappa shape index (κ3) is 2.04. The zero-order valence-corrected chi connectivity index (χ0v) is 12.0. The first-order valence-electron chi connectivity index (χ1n) is 7.44. The fourth-order valence-electron chi connectivity index (χ4n) is 3.19. The maximum absolute atomic E-state index is 12.5. The molecule has 22 heavy (non-hydrogen) atoms. The van der Waals surface area contributed by atoms with Crippen molar-refractivity contribution >= 4 is 22.5 Å². The lowest BCUT2D eigenvalue weighted by Crippen LogP contribution is -2.11. The molecular formula is C18H16N2O2. The van der Waals surface area contributed by atoms with E-state index in [-0.39, 0.29) is 11.7 Å². The van der Waals surface area contributed by atoms with Crippen LogP contribution in [0.5, 0.6) is 5.75 Å². The highest BCUT2D eigenvalue weighted by molar-refractivity contribution is 6.14. The van der Waals surface area contributed by atoms with Crippen LogP contribution in [0.1, 0.15) is 27.9 Å². The van der Waals surface area contributed by atoms with E-state index in [4.69, 9.17) is 0 Å². The normalized spacial score (nSPS) is 13.3. The number of hydrogen-bond acceptors (Lipinski definition) is 2. The molecule has 110 valence electrons. The van der Waals surface area contributed by atoms with Crippen LogP contribution in [0.3, 0.4) is 0 Å². The molecule has 2 aromatic carbocycles. The van der Waals surface area contributed by atoms with E-state index in [0.29, 0.717) is 10.9 Å². The number of nitrogens with one attached hydrogen (secondary N) is 2. The first-order chi connectivity index (χ1) is 10.7. The molecule has 0 saturated heterocycles. The second-order valence-corrected chi connectivity index (χ2v) is 5.69. The average molecular weight is 292 g/mol. The molecule has 0 spiro atoms. The SMILES string of the molecule is O=C(Nc1ccc2c(c1)CCC2)c1c[nH]c2cccc(O)c12. The lowest BCUT2D eigenvalue weighted by molar-refractivity contribution is 0.102. The van der Waals surface area contributed by atoms with Crippen molar-refractivity contribution < 1.29 is 9.90 Å². The number of aromatic amines is 1. The Hall–Kier alpha value is -2.75. The minimum atomic E-state index is -0.217. The van der Waals surface area contributed by atoms with Crippen LogP contribution in [0.15, 0.2) is 42.6 Å². The third-order valence-electron chi connectivity index (χ3n) is 4.28. The molecule has 0 aliphatic heterocycles. The van der Waals surface area contributed by atoms with Crippen LogP contribution < -0.4 is 5.32 Å². The first-order valence-corrected chi connectivity index (χ1v) is 7.44. The molecular weight excluding hydrogens is 276 g/mol. The van der Waals surface area contributed by atoms with Crippen molar-refractivity contribution in [3.63, 3.8) is 0 Å². The summed E-state index contributed by atoms with van der Waals surface area (Å²) in [6.07, 6.45) is 5.02. The Labute approximate surface area is 127 Å². The number of phenols is 1. The molecule has 4 rings (SSSR count). The molecule has 3 N–H and O–H groups in total. The van der Waals surface area contributed by atoms with E-state index in [9.17, 15) is 9.90 Å². The number of aromatic nitrogens is 1. The van der Waals surface area contributed by atoms with Gasteiger partial charge in [0.2, 0.25) is 0 Å². The molecule has 1 amide bonds. The molecule has 1 heterocycles. The second kappa shape index (κ2) is 4.91. The van der Waals surface area contributed by atoms with Crippen LogP contribution in [0.2, 0.25) is 0 Å². The summed E-state index contributed by atoms with van der Waals surface area (Å²) >= 11 is 0. The fraction of sp³-hybridized carbons (Fsp3) is 0.167. The molecule has 0 radical (unpaired) electrons. The van der Waals surface area contributed by atoms with Gasteiger partial charge in [-0.25, -0.2) is 0 Å². The first kappa shape index (κ1) is 13.0. The van der Waals surface area contributed by atoms with Crippen molar-refractivity contribution in [2.45, 2.75) is 19.3 Å². The predicted molar refractivity (Wildman–Crippen MR) is 86.4 cm³/mol. The van der Waals surface area contributed by atoms with E-state index in [2.05, 4.69) is 22.4 Å². The number of hydrogen-bond donors (Lipinski definition) is 3. The fourth-order valence-corrected chi connectivity index (χ4v) is 3.19. The zero-order valence-electron chi connectivity index (χ0n) is 12.0. The van der Waals surface area contributed by atoms with Gasteiger partial charge in [0, 0.05) is 17.4 Å². The largest absolute Gasteiger partial charge is 0.507 e. The Morgan fingerprint density at radius 1 is 1.14 bits per heavy atom. The number of carbonyl (C=O) groups is 1. The molecule has 0 saturated carbocycles. The van der Waals surface area contributed by atoms with Crippen LogP contribution in [0.4, 0.5) is 5.69 Å². The van der Waals surface area contributed by atoms with Crippen LogP contribution >= 0.6 is 0 Å². The Bertz CT molecular complexity index is 880. The summed E-state index contributed by atoms with van der Waals surface area (Å²) in [7, 11) is 0. The second-order valence-electron chi connectivity index (χ2n) is 5.69. The number of carbonyl (C=O) groups excluding carboxylic acids is 1. The van der Waals surface area contributed by atoms with Gasteiger partial charge in [-0.05, 0) is 54.7 Å². The predicted octanol–water partition coefficient (Wildman–Crippen LogP) is 3.61. The highest BCUT2D eigenvalue weighted by atomic mass is 16.3. The molecule has 0 atom stereocenters. The highest BCUT2D eigenvalue weighted by Crippen LogP contribution is 2.29. The monoisotopic (exact) mass is 292 g/mol. The van der Waals surface area contributed by atoms with Gasteiger partial charge in [0.25, 0.3) is 5.91 Å². The maximum Gasteiger partial charge on any atom is 0.257 e. The number of fused-ring (bicyclic) bond motifs is 2. The van der Waals surface area contributed by atoms with Crippen molar-refractivity contribution in [2.24, 2.45) is 0 Å². The lowest BCUT2D eigenvalue weighted by atomic mass is 10.1. The number of aromatic hydroxyl groups is 1. The molecule has 4 heteroatoms. The van der Waals surface area contributed by atoms with E-state index in [1.54, 1.807) is 18.3 Å². The third-order valence-corrected chi connectivity index (χ3v) is 4.28. The standard InChI is InChI=1S/C18H16N2O2/c21-16-6-2-5-15-17(16)14(10-19-15)18(22)20-13-8-7-11-3-1-4-12(11)9-13/h2,5-10,19,21H,1,3-4H2,(H,20,22). The molecule has 1 aliphatic rings. The van der Waals surface area contributed by atoms with Crippen molar-refractivity contribution in [2.75, 3.05) is 5.32 Å². The number of phenolic OH excluding ortho intramolecular Hbond substituents is 1. The molecule has 0 fully saturated rings. The summed E-state index contributed by atoms with van der Waals surface area (Å²) < 4.78 is 0. The van der Waals surface area contributed by atoms with Crippen LogP contribution in [0.25, 0.3) is 10.9 Å². The van der Waals surface area contributed by atoms with E-state index in [1.807, 2.05) is 12.1 Å². The molecule has 0 unspecified atom stereocenters. The quantitative estimate of drug-likeness (QED) is 0.675. The van der Waals surface area contributed by atoms with Crippen molar-refractivity contribution in [1.82, 2.24) is 4.98 Å². The van der Waals surface area contributed by atoms with E-state index in [1.165, 1.54) is 17.5 Å². The molecule has 1 aromatic heterocycles. The highest BCUT2D eigenvalue weighted by Gasteiger charge is 2.16. The smallest absolute Gasteiger partial charge is 0.257 e. The average Bonchev–Trinajstić information content (AvgIpc) is 3.13. The molecule has 3 aromatic rings. The number of anilines is 1. The van der Waals surface area contributed by atoms with Crippen molar-refractivity contribution in [1.29, 1.82) is 0 Å². The van der Waals surface area contributed by atoms with Crippen molar-refractivity contribution in [3.8, 4) is 5.75 Å². The number of rotatable bonds is 2. The van der Waals surface area contributed by atoms with Gasteiger partial charge in [-0.15, -0.1) is 0 Å². The summed E-state index contributed by atoms with van der Waals surface area (Å²) in [6.45, 7) is 0. The minimum absolute atomic E-state index is 0.109. The van der Waals surface area contributed by atoms with E-state index >= 15 is 0 Å². The lowest BCUT2D eigenvalue weighted by Gasteiger charge is -2.07. The van der Waals surface area contributed by atoms with Crippen molar-refractivity contribution in [3.05, 3.63) is 59.3 Å². The summed E-state index contributed by atoms with van der Waals surface area (Å²) in [4.78, 5) is 15.5. The number of H-pyrrole nitrogens is 1. The zero-order chi connectivity index (χ0) is 15.1. The van der Waals surface area contributed by atoms with Gasteiger partial charge in [0.15, 0.2) is 0 Å². The number of aryl methyl sites for hydroxylation is 2. The topological polar surface area (TPSA) is 65.1 Å². The summed E-state index contributed by atoms with van der Waals surface area (Å²) in [5, 5.41) is 13.5. The van der Waals surface area contributed by atoms with Gasteiger partial charge in [-0.3, -0.25) is 4.79 Å². The Morgan fingerprint density at radius 2 is 2.00 bits per heavy atom. The van der Waals surface area contributed by atoms with Gasteiger partial charge >= 0.3 is 0 Å². The van der Waals surface area contributed by atoms with Gasteiger partial charge in [0.05, 0.1) is 10.9 Å². The Kier molecular flexibility index (Phi) is 2.89. The van der Waals surface area contributed by atoms with E-state index < -0.39 is 0 Å². The van der Waals surface area contributed by atoms with E-state index in [0.717, 1.165) is 24.0 Å². The Balaban J connectivity index is 1.67. The maximum atomic E-state index is 12.5. The number of benzene rings is 2. The van der Waals surface area contributed by atoms with Gasteiger partial charge in [-0.1, -0.05) is 12.1 Å². The van der Waals surface area contributed by atoms with Gasteiger partial charge in [-0.2, -0.15) is 0 Å². The van der Waals surface area contributed by atoms with Gasteiger partial charge < -0.3 is 15.4 Å². The Morgan fingerprint density at radius 3 is 2.91 bits per heavy atom. The molecule has 1 aliphatic carbocycles. The number of amides is 1. The van der Waals surface area contributed by atoms with Crippen LogP contribution in [0, 0.1) is 0 Å². The molecule has 0 bridgehead atoms. The van der Waals surface area contributed by atoms with Crippen LogP contribution in [-0.2, 0) is 12.8 Å².